The first-order chi connectivity index (χ1) is 10.7. The summed E-state index contributed by atoms with van der Waals surface area (Å²) >= 11 is 1.62. The molecule has 3 rings (SSSR count). The highest BCUT2D eigenvalue weighted by Crippen LogP contribution is 2.25. The Morgan fingerprint density at radius 2 is 2.09 bits per heavy atom. The van der Waals surface area contributed by atoms with E-state index in [0.29, 0.717) is 6.04 Å². The molecule has 1 atom stereocenters. The Balaban J connectivity index is 1.59. The van der Waals surface area contributed by atoms with E-state index in [2.05, 4.69) is 16.7 Å². The van der Waals surface area contributed by atoms with Crippen molar-refractivity contribution in [1.82, 2.24) is 9.80 Å². The van der Waals surface area contributed by atoms with Crippen LogP contribution in [0.3, 0.4) is 0 Å². The zero-order valence-electron chi connectivity index (χ0n) is 13.4. The van der Waals surface area contributed by atoms with E-state index in [4.69, 9.17) is 4.74 Å². The molecule has 2 aliphatic heterocycles. The van der Waals surface area contributed by atoms with Crippen molar-refractivity contribution < 1.29 is 9.53 Å². The standard InChI is InChI=1S/C17H26N2O2S/c1-14-5-6-16(22-14)17(20)19-8-3-2-4-15(19)7-9-18-10-12-21-13-11-18/h5-6,15H,2-4,7-13H2,1H3/t15-/m1/s1. The lowest BCUT2D eigenvalue weighted by Gasteiger charge is -2.37. The van der Waals surface area contributed by atoms with E-state index >= 15 is 0 Å². The Kier molecular flexibility index (Phi) is 5.50. The van der Waals surface area contributed by atoms with Gasteiger partial charge in [-0.15, -0.1) is 11.3 Å². The van der Waals surface area contributed by atoms with Crippen LogP contribution < -0.4 is 0 Å². The highest BCUT2D eigenvalue weighted by atomic mass is 32.1. The normalized spacial score (nSPS) is 23.7. The number of aryl methyl sites for hydroxylation is 1. The Hall–Kier alpha value is -0.910. The molecule has 22 heavy (non-hydrogen) atoms. The number of carbonyl (C=O) groups excluding carboxylic acids is 1. The fraction of sp³-hybridized carbons (Fsp3) is 0.706. The van der Waals surface area contributed by atoms with Crippen molar-refractivity contribution in [3.8, 4) is 0 Å². The summed E-state index contributed by atoms with van der Waals surface area (Å²) in [7, 11) is 0. The highest BCUT2D eigenvalue weighted by Gasteiger charge is 2.28. The summed E-state index contributed by atoms with van der Waals surface area (Å²) in [6.45, 7) is 7.83. The maximum absolute atomic E-state index is 12.8. The van der Waals surface area contributed by atoms with Gasteiger partial charge in [-0.2, -0.15) is 0 Å². The van der Waals surface area contributed by atoms with Crippen LogP contribution in [0.25, 0.3) is 0 Å². The monoisotopic (exact) mass is 322 g/mol. The second-order valence-corrected chi connectivity index (χ2v) is 7.59. The molecule has 0 bridgehead atoms. The van der Waals surface area contributed by atoms with Crippen LogP contribution in [0.1, 0.15) is 40.2 Å². The summed E-state index contributed by atoms with van der Waals surface area (Å²) in [4.78, 5) is 19.5. The molecule has 0 spiro atoms. The number of morpholine rings is 1. The van der Waals surface area contributed by atoms with Crippen LogP contribution in [0.2, 0.25) is 0 Å². The molecule has 1 aromatic heterocycles. The van der Waals surface area contributed by atoms with Gasteiger partial charge in [-0.1, -0.05) is 0 Å². The van der Waals surface area contributed by atoms with E-state index < -0.39 is 0 Å². The van der Waals surface area contributed by atoms with Crippen LogP contribution in [0.15, 0.2) is 12.1 Å². The van der Waals surface area contributed by atoms with Crippen molar-refractivity contribution in [2.24, 2.45) is 0 Å². The Morgan fingerprint density at radius 3 is 2.82 bits per heavy atom. The minimum atomic E-state index is 0.241. The second-order valence-electron chi connectivity index (χ2n) is 6.30. The van der Waals surface area contributed by atoms with E-state index in [-0.39, 0.29) is 5.91 Å². The largest absolute Gasteiger partial charge is 0.379 e. The van der Waals surface area contributed by atoms with Crippen LogP contribution in [-0.2, 0) is 4.74 Å². The van der Waals surface area contributed by atoms with Gasteiger partial charge in [0.1, 0.15) is 0 Å². The molecule has 5 heteroatoms. The number of ether oxygens (including phenoxy) is 1. The molecule has 0 saturated carbocycles. The van der Waals surface area contributed by atoms with Crippen LogP contribution >= 0.6 is 11.3 Å². The minimum Gasteiger partial charge on any atom is -0.379 e. The Morgan fingerprint density at radius 1 is 1.27 bits per heavy atom. The average Bonchev–Trinajstić information content (AvgIpc) is 3.00. The van der Waals surface area contributed by atoms with Gasteiger partial charge >= 0.3 is 0 Å². The molecule has 1 aromatic rings. The van der Waals surface area contributed by atoms with E-state index in [1.807, 2.05) is 12.1 Å². The molecule has 2 aliphatic rings. The van der Waals surface area contributed by atoms with Crippen molar-refractivity contribution in [3.05, 3.63) is 21.9 Å². The lowest BCUT2D eigenvalue weighted by molar-refractivity contribution is 0.0296. The zero-order chi connectivity index (χ0) is 15.4. The molecule has 122 valence electrons. The van der Waals surface area contributed by atoms with Crippen LogP contribution in [0.5, 0.6) is 0 Å². The number of hydrogen-bond acceptors (Lipinski definition) is 4. The third kappa shape index (κ3) is 3.89. The van der Waals surface area contributed by atoms with Gasteiger partial charge in [-0.25, -0.2) is 0 Å². The van der Waals surface area contributed by atoms with Crippen LogP contribution in [0, 0.1) is 6.92 Å². The topological polar surface area (TPSA) is 32.8 Å². The summed E-state index contributed by atoms with van der Waals surface area (Å²) in [6, 6.07) is 4.44. The number of amides is 1. The highest BCUT2D eigenvalue weighted by molar-refractivity contribution is 7.13. The lowest BCUT2D eigenvalue weighted by atomic mass is 9.98. The molecule has 2 fully saturated rings. The van der Waals surface area contributed by atoms with Crippen molar-refractivity contribution in [3.63, 3.8) is 0 Å². The summed E-state index contributed by atoms with van der Waals surface area (Å²) in [5.41, 5.74) is 0. The van der Waals surface area contributed by atoms with Gasteiger partial charge in [0.05, 0.1) is 18.1 Å². The van der Waals surface area contributed by atoms with Gasteiger partial charge in [-0.05, 0) is 44.7 Å². The lowest BCUT2D eigenvalue weighted by Crippen LogP contribution is -2.46. The van der Waals surface area contributed by atoms with E-state index in [9.17, 15) is 4.79 Å². The number of rotatable bonds is 4. The summed E-state index contributed by atoms with van der Waals surface area (Å²) in [5.74, 6) is 0.241. The third-order valence-electron chi connectivity index (χ3n) is 4.72. The minimum absolute atomic E-state index is 0.241. The number of piperidine rings is 1. The van der Waals surface area contributed by atoms with Crippen LogP contribution in [0.4, 0.5) is 0 Å². The van der Waals surface area contributed by atoms with Gasteiger partial charge in [-0.3, -0.25) is 9.69 Å². The van der Waals surface area contributed by atoms with Crippen molar-refractivity contribution in [2.45, 2.75) is 38.6 Å². The van der Waals surface area contributed by atoms with E-state index in [1.54, 1.807) is 11.3 Å². The maximum Gasteiger partial charge on any atom is 0.264 e. The number of carbonyl (C=O) groups is 1. The fourth-order valence-corrected chi connectivity index (χ4v) is 4.24. The molecule has 3 heterocycles. The molecule has 0 radical (unpaired) electrons. The number of nitrogens with zero attached hydrogens (tertiary/aromatic N) is 2. The molecule has 4 nitrogen and oxygen atoms in total. The molecule has 0 unspecified atom stereocenters. The van der Waals surface area contributed by atoms with Crippen LogP contribution in [-0.4, -0.2) is 61.1 Å². The predicted octanol–water partition coefficient (Wildman–Crippen LogP) is 2.77. The Bertz CT molecular complexity index is 497. The third-order valence-corrected chi connectivity index (χ3v) is 5.71. The first-order valence-electron chi connectivity index (χ1n) is 8.41. The molecule has 0 aliphatic carbocycles. The summed E-state index contributed by atoms with van der Waals surface area (Å²) in [6.07, 6.45) is 4.64. The van der Waals surface area contributed by atoms with Gasteiger partial charge in [0.25, 0.3) is 5.91 Å². The predicted molar refractivity (Wildman–Crippen MR) is 89.6 cm³/mol. The van der Waals surface area contributed by atoms with E-state index in [1.165, 1.54) is 11.3 Å². The number of thiophene rings is 1. The molecular formula is C17H26N2O2S. The smallest absolute Gasteiger partial charge is 0.264 e. The quantitative estimate of drug-likeness (QED) is 0.854. The fourth-order valence-electron chi connectivity index (χ4n) is 3.42. The van der Waals surface area contributed by atoms with Gasteiger partial charge in [0.15, 0.2) is 0 Å². The Labute approximate surface area is 137 Å². The number of hydrogen-bond donors (Lipinski definition) is 0. The van der Waals surface area contributed by atoms with Gasteiger partial charge < -0.3 is 9.64 Å². The SMILES string of the molecule is Cc1ccc(C(=O)N2CCCC[C@@H]2CCN2CCOCC2)s1. The summed E-state index contributed by atoms with van der Waals surface area (Å²) in [5, 5.41) is 0. The zero-order valence-corrected chi connectivity index (χ0v) is 14.2. The maximum atomic E-state index is 12.8. The molecular weight excluding hydrogens is 296 g/mol. The number of likely N-dealkylation sites (tertiary alicyclic amines) is 1. The first-order valence-corrected chi connectivity index (χ1v) is 9.23. The average molecular weight is 322 g/mol. The molecule has 0 N–H and O–H groups in total. The molecule has 2 saturated heterocycles. The van der Waals surface area contributed by atoms with Crippen molar-refractivity contribution in [1.29, 1.82) is 0 Å². The van der Waals surface area contributed by atoms with Gasteiger partial charge in [0.2, 0.25) is 0 Å². The van der Waals surface area contributed by atoms with Crippen molar-refractivity contribution in [2.75, 3.05) is 39.4 Å². The summed E-state index contributed by atoms with van der Waals surface area (Å²) < 4.78 is 5.41. The van der Waals surface area contributed by atoms with Crippen molar-refractivity contribution >= 4 is 17.2 Å². The molecule has 1 amide bonds. The van der Waals surface area contributed by atoms with Gasteiger partial charge in [0, 0.05) is 37.1 Å². The second kappa shape index (κ2) is 7.57. The molecule has 0 aromatic carbocycles. The van der Waals surface area contributed by atoms with E-state index in [0.717, 1.165) is 63.5 Å². The first kappa shape index (κ1) is 16.0.